The Bertz CT molecular complexity index is 880. The van der Waals surface area contributed by atoms with E-state index < -0.39 is 0 Å². The average molecular weight is 366 g/mol. The number of carbonyl (C=O) groups is 1. The molecule has 0 aliphatic carbocycles. The van der Waals surface area contributed by atoms with Crippen molar-refractivity contribution in [2.75, 3.05) is 0 Å². The molecule has 1 atom stereocenters. The van der Waals surface area contributed by atoms with Gasteiger partial charge in [0.05, 0.1) is 6.04 Å². The van der Waals surface area contributed by atoms with E-state index >= 15 is 0 Å². The maximum absolute atomic E-state index is 12.3. The van der Waals surface area contributed by atoms with E-state index in [1.165, 1.54) is 5.56 Å². The molecule has 0 radical (unpaired) electrons. The zero-order valence-electron chi connectivity index (χ0n) is 16.1. The van der Waals surface area contributed by atoms with Crippen molar-refractivity contribution in [2.24, 2.45) is 0 Å². The van der Waals surface area contributed by atoms with Gasteiger partial charge in [-0.1, -0.05) is 36.8 Å². The van der Waals surface area contributed by atoms with Crippen molar-refractivity contribution in [3.05, 3.63) is 59.9 Å². The summed E-state index contributed by atoms with van der Waals surface area (Å²) in [7, 11) is 0. The lowest BCUT2D eigenvalue weighted by molar-refractivity contribution is -0.121. The average Bonchev–Trinajstić information content (AvgIpc) is 3.30. The zero-order valence-corrected chi connectivity index (χ0v) is 16.1. The predicted octanol–water partition coefficient (Wildman–Crippen LogP) is 4.07. The molecule has 0 aliphatic heterocycles. The SMILES string of the molecule is CCCn1cnnc1[C@H](C)NC(=O)CCc1ccc(-c2ccc(C)cc2)o1. The molecule has 1 aromatic carbocycles. The number of aryl methyl sites for hydroxylation is 3. The number of nitrogens with one attached hydrogen (secondary N) is 1. The van der Waals surface area contributed by atoms with Crippen LogP contribution in [0.25, 0.3) is 11.3 Å². The highest BCUT2D eigenvalue weighted by Gasteiger charge is 2.16. The molecule has 6 nitrogen and oxygen atoms in total. The lowest BCUT2D eigenvalue weighted by Gasteiger charge is -2.14. The summed E-state index contributed by atoms with van der Waals surface area (Å²) in [6.07, 6.45) is 3.63. The van der Waals surface area contributed by atoms with Crippen molar-refractivity contribution in [2.45, 2.75) is 52.6 Å². The Kier molecular flexibility index (Phi) is 6.06. The summed E-state index contributed by atoms with van der Waals surface area (Å²) < 4.78 is 7.86. The van der Waals surface area contributed by atoms with Crippen LogP contribution < -0.4 is 5.32 Å². The number of hydrogen-bond donors (Lipinski definition) is 1. The van der Waals surface area contributed by atoms with E-state index in [0.717, 1.165) is 35.9 Å². The van der Waals surface area contributed by atoms with Gasteiger partial charge in [0.2, 0.25) is 5.91 Å². The van der Waals surface area contributed by atoms with Crippen LogP contribution >= 0.6 is 0 Å². The second kappa shape index (κ2) is 8.66. The highest BCUT2D eigenvalue weighted by molar-refractivity contribution is 5.76. The molecular weight excluding hydrogens is 340 g/mol. The molecule has 3 aromatic rings. The minimum absolute atomic E-state index is 0.0261. The minimum atomic E-state index is -0.175. The second-order valence-corrected chi connectivity index (χ2v) is 6.80. The first kappa shape index (κ1) is 18.9. The van der Waals surface area contributed by atoms with Gasteiger partial charge in [-0.3, -0.25) is 4.79 Å². The predicted molar refractivity (Wildman–Crippen MR) is 104 cm³/mol. The normalized spacial score (nSPS) is 12.1. The maximum atomic E-state index is 12.3. The fourth-order valence-corrected chi connectivity index (χ4v) is 3.01. The number of carbonyl (C=O) groups excluding carboxylic acids is 1. The number of hydrogen-bond acceptors (Lipinski definition) is 4. The highest BCUT2D eigenvalue weighted by atomic mass is 16.3. The first-order valence-electron chi connectivity index (χ1n) is 9.39. The molecule has 1 N–H and O–H groups in total. The summed E-state index contributed by atoms with van der Waals surface area (Å²) in [4.78, 5) is 12.3. The molecule has 0 saturated heterocycles. The Morgan fingerprint density at radius 3 is 2.74 bits per heavy atom. The van der Waals surface area contributed by atoms with Crippen LogP contribution in [0.2, 0.25) is 0 Å². The number of amides is 1. The van der Waals surface area contributed by atoms with E-state index in [4.69, 9.17) is 4.42 Å². The van der Waals surface area contributed by atoms with E-state index in [-0.39, 0.29) is 11.9 Å². The largest absolute Gasteiger partial charge is 0.461 e. The number of rotatable bonds is 8. The number of aromatic nitrogens is 3. The third-order valence-corrected chi connectivity index (χ3v) is 4.47. The fourth-order valence-electron chi connectivity index (χ4n) is 3.01. The Morgan fingerprint density at radius 2 is 2.00 bits per heavy atom. The third-order valence-electron chi connectivity index (χ3n) is 4.47. The molecule has 0 fully saturated rings. The standard InChI is InChI=1S/C21H26N4O2/c1-4-13-25-14-22-24-21(25)16(3)23-20(26)12-10-18-9-11-19(27-18)17-7-5-15(2)6-8-17/h5-9,11,14,16H,4,10,12-13H2,1-3H3,(H,23,26)/t16-/m0/s1. The fraction of sp³-hybridized carbons (Fsp3) is 0.381. The molecule has 27 heavy (non-hydrogen) atoms. The second-order valence-electron chi connectivity index (χ2n) is 6.80. The van der Waals surface area contributed by atoms with Gasteiger partial charge in [-0.25, -0.2) is 0 Å². The molecule has 0 aliphatic rings. The Morgan fingerprint density at radius 1 is 1.22 bits per heavy atom. The molecule has 1 amide bonds. The third kappa shape index (κ3) is 4.84. The van der Waals surface area contributed by atoms with Crippen molar-refractivity contribution >= 4 is 5.91 Å². The highest BCUT2D eigenvalue weighted by Crippen LogP contribution is 2.23. The van der Waals surface area contributed by atoms with Gasteiger partial charge in [0.1, 0.15) is 17.8 Å². The Balaban J connectivity index is 1.53. The summed E-state index contributed by atoms with van der Waals surface area (Å²) in [6, 6.07) is 11.9. The topological polar surface area (TPSA) is 73.0 Å². The van der Waals surface area contributed by atoms with Crippen molar-refractivity contribution in [3.8, 4) is 11.3 Å². The van der Waals surface area contributed by atoms with Gasteiger partial charge >= 0.3 is 0 Å². The molecule has 2 heterocycles. The number of benzene rings is 1. The lowest BCUT2D eigenvalue weighted by atomic mass is 10.1. The molecule has 2 aromatic heterocycles. The summed E-state index contributed by atoms with van der Waals surface area (Å²) >= 11 is 0. The molecular formula is C21H26N4O2. The van der Waals surface area contributed by atoms with Crippen molar-refractivity contribution in [3.63, 3.8) is 0 Å². The van der Waals surface area contributed by atoms with Gasteiger partial charge in [-0.05, 0) is 32.4 Å². The van der Waals surface area contributed by atoms with Crippen molar-refractivity contribution in [1.82, 2.24) is 20.1 Å². The summed E-state index contributed by atoms with van der Waals surface area (Å²) in [6.45, 7) is 6.93. The Hall–Kier alpha value is -2.89. The van der Waals surface area contributed by atoms with Crippen LogP contribution in [-0.2, 0) is 17.8 Å². The number of nitrogens with zero attached hydrogens (tertiary/aromatic N) is 3. The lowest BCUT2D eigenvalue weighted by Crippen LogP contribution is -2.28. The summed E-state index contributed by atoms with van der Waals surface area (Å²) in [5.74, 6) is 2.39. The molecule has 0 saturated carbocycles. The molecule has 0 bridgehead atoms. The smallest absolute Gasteiger partial charge is 0.221 e. The summed E-state index contributed by atoms with van der Waals surface area (Å²) in [5.41, 5.74) is 2.26. The van der Waals surface area contributed by atoms with E-state index in [1.807, 2.05) is 35.8 Å². The number of furan rings is 1. The van der Waals surface area contributed by atoms with E-state index in [0.29, 0.717) is 12.8 Å². The van der Waals surface area contributed by atoms with Gasteiger partial charge in [-0.2, -0.15) is 0 Å². The van der Waals surface area contributed by atoms with Crippen LogP contribution in [0.3, 0.4) is 0 Å². The minimum Gasteiger partial charge on any atom is -0.461 e. The first-order chi connectivity index (χ1) is 13.1. The van der Waals surface area contributed by atoms with E-state index in [1.54, 1.807) is 6.33 Å². The quantitative estimate of drug-likeness (QED) is 0.652. The van der Waals surface area contributed by atoms with Gasteiger partial charge in [-0.15, -0.1) is 10.2 Å². The van der Waals surface area contributed by atoms with Gasteiger partial charge in [0, 0.05) is 24.9 Å². The molecule has 0 unspecified atom stereocenters. The van der Waals surface area contributed by atoms with Crippen LogP contribution in [0.15, 0.2) is 47.1 Å². The van der Waals surface area contributed by atoms with Gasteiger partial charge in [0.25, 0.3) is 0 Å². The molecule has 6 heteroatoms. The van der Waals surface area contributed by atoms with Crippen LogP contribution in [0.5, 0.6) is 0 Å². The van der Waals surface area contributed by atoms with E-state index in [9.17, 15) is 4.79 Å². The molecule has 3 rings (SSSR count). The van der Waals surface area contributed by atoms with Crippen LogP contribution in [0.4, 0.5) is 0 Å². The maximum Gasteiger partial charge on any atom is 0.221 e. The van der Waals surface area contributed by atoms with Crippen LogP contribution in [-0.4, -0.2) is 20.7 Å². The zero-order chi connectivity index (χ0) is 19.2. The Labute approximate surface area is 159 Å². The first-order valence-corrected chi connectivity index (χ1v) is 9.39. The van der Waals surface area contributed by atoms with Gasteiger partial charge < -0.3 is 14.3 Å². The summed E-state index contributed by atoms with van der Waals surface area (Å²) in [5, 5.41) is 11.1. The molecule has 142 valence electrons. The van der Waals surface area contributed by atoms with Crippen molar-refractivity contribution < 1.29 is 9.21 Å². The van der Waals surface area contributed by atoms with E-state index in [2.05, 4.69) is 41.5 Å². The van der Waals surface area contributed by atoms with Crippen LogP contribution in [0, 0.1) is 6.92 Å². The van der Waals surface area contributed by atoms with Crippen LogP contribution in [0.1, 0.15) is 49.9 Å². The molecule has 0 spiro atoms. The monoisotopic (exact) mass is 366 g/mol. The van der Waals surface area contributed by atoms with Gasteiger partial charge in [0.15, 0.2) is 5.82 Å². The van der Waals surface area contributed by atoms with Crippen molar-refractivity contribution in [1.29, 1.82) is 0 Å².